The molecule has 5 nitrogen and oxygen atoms in total. The summed E-state index contributed by atoms with van der Waals surface area (Å²) in [4.78, 5) is 10.4. The molecule has 2 aromatic carbocycles. The molecule has 0 aliphatic rings. The Morgan fingerprint density at radius 1 is 1.22 bits per heavy atom. The second kappa shape index (κ2) is 7.45. The van der Waals surface area contributed by atoms with Crippen LogP contribution in [0, 0.1) is 17.0 Å². The third kappa shape index (κ3) is 4.32. The lowest BCUT2D eigenvalue weighted by atomic mass is 10.1. The van der Waals surface area contributed by atoms with E-state index in [4.69, 9.17) is 9.47 Å². The Bertz CT molecular complexity index is 723. The van der Waals surface area contributed by atoms with Gasteiger partial charge in [-0.3, -0.25) is 10.1 Å². The molecule has 0 unspecified atom stereocenters. The molecular formula is C18H19NO4. The van der Waals surface area contributed by atoms with E-state index in [1.165, 1.54) is 20.1 Å². The largest absolute Gasteiger partial charge is 0.496 e. The number of nitro groups is 1. The minimum atomic E-state index is -0.427. The lowest BCUT2D eigenvalue weighted by Crippen LogP contribution is -1.99. The van der Waals surface area contributed by atoms with Crippen molar-refractivity contribution in [1.82, 2.24) is 0 Å². The molecule has 2 aromatic rings. The van der Waals surface area contributed by atoms with E-state index in [9.17, 15) is 10.1 Å². The van der Waals surface area contributed by atoms with Crippen molar-refractivity contribution in [3.05, 3.63) is 75.0 Å². The lowest BCUT2D eigenvalue weighted by Gasteiger charge is -2.13. The standard InChI is InChI=1S/C18H19NO4/c1-13-9-18(22-3)16(10-14(2)19(20)21)11-17(13)23-12-15-7-5-4-6-8-15/h4-11H,12H2,1-3H3/b14-10+. The highest BCUT2D eigenvalue weighted by Gasteiger charge is 2.11. The molecule has 0 aliphatic heterocycles. The van der Waals surface area contributed by atoms with Crippen LogP contribution in [0.15, 0.2) is 48.2 Å². The van der Waals surface area contributed by atoms with Gasteiger partial charge >= 0.3 is 0 Å². The van der Waals surface area contributed by atoms with Crippen LogP contribution in [0.1, 0.15) is 23.6 Å². The zero-order valence-electron chi connectivity index (χ0n) is 13.4. The lowest BCUT2D eigenvalue weighted by molar-refractivity contribution is -0.422. The summed E-state index contributed by atoms with van der Waals surface area (Å²) in [6.07, 6.45) is 1.48. The molecule has 0 aliphatic carbocycles. The van der Waals surface area contributed by atoms with Gasteiger partial charge in [-0.25, -0.2) is 0 Å². The van der Waals surface area contributed by atoms with Gasteiger partial charge in [0.2, 0.25) is 5.70 Å². The van der Waals surface area contributed by atoms with E-state index < -0.39 is 4.92 Å². The minimum Gasteiger partial charge on any atom is -0.496 e. The van der Waals surface area contributed by atoms with Crippen molar-refractivity contribution in [2.45, 2.75) is 20.5 Å². The highest BCUT2D eigenvalue weighted by molar-refractivity contribution is 5.62. The van der Waals surface area contributed by atoms with Gasteiger partial charge in [0, 0.05) is 18.6 Å². The number of allylic oxidation sites excluding steroid dienone is 1. The van der Waals surface area contributed by atoms with Crippen molar-refractivity contribution in [3.8, 4) is 11.5 Å². The van der Waals surface area contributed by atoms with Gasteiger partial charge in [-0.1, -0.05) is 30.3 Å². The zero-order valence-corrected chi connectivity index (χ0v) is 13.4. The molecule has 0 N–H and O–H groups in total. The number of nitrogens with zero attached hydrogens (tertiary/aromatic N) is 1. The summed E-state index contributed by atoms with van der Waals surface area (Å²) in [5.74, 6) is 1.26. The van der Waals surface area contributed by atoms with E-state index in [-0.39, 0.29) is 5.70 Å². The maximum Gasteiger partial charge on any atom is 0.243 e. The molecular weight excluding hydrogens is 294 g/mol. The Hall–Kier alpha value is -2.82. The van der Waals surface area contributed by atoms with Gasteiger partial charge in [-0.2, -0.15) is 0 Å². The van der Waals surface area contributed by atoms with E-state index in [2.05, 4.69) is 0 Å². The Morgan fingerprint density at radius 3 is 2.52 bits per heavy atom. The van der Waals surface area contributed by atoms with Crippen LogP contribution in [-0.4, -0.2) is 12.0 Å². The SMILES string of the molecule is COc1cc(C)c(OCc2ccccc2)cc1/C=C(\C)[N+](=O)[O-]. The van der Waals surface area contributed by atoms with Crippen molar-refractivity contribution in [1.29, 1.82) is 0 Å². The first-order chi connectivity index (χ1) is 11.0. The summed E-state index contributed by atoms with van der Waals surface area (Å²) >= 11 is 0. The van der Waals surface area contributed by atoms with Gasteiger partial charge in [0.25, 0.3) is 0 Å². The van der Waals surface area contributed by atoms with Crippen LogP contribution in [0.5, 0.6) is 11.5 Å². The quantitative estimate of drug-likeness (QED) is 0.591. The molecule has 2 rings (SSSR count). The molecule has 0 amide bonds. The van der Waals surface area contributed by atoms with E-state index >= 15 is 0 Å². The first kappa shape index (κ1) is 16.5. The van der Waals surface area contributed by atoms with Gasteiger partial charge in [0.05, 0.1) is 12.0 Å². The molecule has 0 heterocycles. The van der Waals surface area contributed by atoms with Gasteiger partial charge in [0.1, 0.15) is 18.1 Å². The van der Waals surface area contributed by atoms with Gasteiger partial charge in [-0.05, 0) is 30.2 Å². The number of hydrogen-bond donors (Lipinski definition) is 0. The molecule has 0 fully saturated rings. The average molecular weight is 313 g/mol. The Kier molecular flexibility index (Phi) is 5.36. The molecule has 0 saturated heterocycles. The molecule has 0 aromatic heterocycles. The summed E-state index contributed by atoms with van der Waals surface area (Å²) in [5.41, 5.74) is 2.63. The van der Waals surface area contributed by atoms with Crippen molar-refractivity contribution in [2.24, 2.45) is 0 Å². The van der Waals surface area contributed by atoms with Crippen LogP contribution >= 0.6 is 0 Å². The predicted octanol–water partition coefficient (Wildman–Crippen LogP) is 4.22. The number of methoxy groups -OCH3 is 1. The Labute approximate surface area is 135 Å². The summed E-state index contributed by atoms with van der Waals surface area (Å²) in [6.45, 7) is 3.80. The number of aryl methyl sites for hydroxylation is 1. The maximum atomic E-state index is 10.8. The number of hydrogen-bond acceptors (Lipinski definition) is 4. The maximum absolute atomic E-state index is 10.8. The molecule has 120 valence electrons. The van der Waals surface area contributed by atoms with Crippen molar-refractivity contribution >= 4 is 6.08 Å². The minimum absolute atomic E-state index is 0.0427. The Morgan fingerprint density at radius 2 is 1.91 bits per heavy atom. The fourth-order valence-electron chi connectivity index (χ4n) is 2.14. The number of benzene rings is 2. The highest BCUT2D eigenvalue weighted by Crippen LogP contribution is 2.30. The fraction of sp³-hybridized carbons (Fsp3) is 0.222. The van der Waals surface area contributed by atoms with Gasteiger partial charge in [0.15, 0.2) is 0 Å². The molecule has 0 spiro atoms. The summed E-state index contributed by atoms with van der Waals surface area (Å²) < 4.78 is 11.2. The van der Waals surface area contributed by atoms with Crippen LogP contribution in [0.3, 0.4) is 0 Å². The van der Waals surface area contributed by atoms with Crippen LogP contribution in [0.25, 0.3) is 6.08 Å². The molecule has 0 atom stereocenters. The molecule has 23 heavy (non-hydrogen) atoms. The van der Waals surface area contributed by atoms with Crippen molar-refractivity contribution < 1.29 is 14.4 Å². The monoisotopic (exact) mass is 313 g/mol. The van der Waals surface area contributed by atoms with Crippen molar-refractivity contribution in [3.63, 3.8) is 0 Å². The van der Waals surface area contributed by atoms with Crippen molar-refractivity contribution in [2.75, 3.05) is 7.11 Å². The third-order valence-electron chi connectivity index (χ3n) is 3.42. The topological polar surface area (TPSA) is 61.6 Å². The van der Waals surface area contributed by atoms with Gasteiger partial charge < -0.3 is 9.47 Å². The second-order valence-corrected chi connectivity index (χ2v) is 5.18. The van der Waals surface area contributed by atoms with E-state index in [1.807, 2.05) is 43.3 Å². The van der Waals surface area contributed by atoms with E-state index in [0.29, 0.717) is 23.7 Å². The molecule has 0 bridgehead atoms. The Balaban J connectivity index is 2.29. The summed E-state index contributed by atoms with van der Waals surface area (Å²) in [5, 5.41) is 10.8. The normalized spacial score (nSPS) is 11.2. The summed E-state index contributed by atoms with van der Waals surface area (Å²) in [6, 6.07) is 13.4. The zero-order chi connectivity index (χ0) is 16.8. The summed E-state index contributed by atoms with van der Waals surface area (Å²) in [7, 11) is 1.54. The smallest absolute Gasteiger partial charge is 0.243 e. The number of ether oxygens (including phenoxy) is 2. The first-order valence-corrected chi connectivity index (χ1v) is 7.19. The predicted molar refractivity (Wildman–Crippen MR) is 89.2 cm³/mol. The van der Waals surface area contributed by atoms with Gasteiger partial charge in [-0.15, -0.1) is 0 Å². The number of rotatable bonds is 6. The van der Waals surface area contributed by atoms with E-state index in [1.54, 1.807) is 6.07 Å². The first-order valence-electron chi connectivity index (χ1n) is 7.19. The molecule has 5 heteroatoms. The second-order valence-electron chi connectivity index (χ2n) is 5.18. The molecule has 0 saturated carbocycles. The average Bonchev–Trinajstić information content (AvgIpc) is 2.55. The fourth-order valence-corrected chi connectivity index (χ4v) is 2.14. The van der Waals surface area contributed by atoms with E-state index in [0.717, 1.165) is 11.1 Å². The molecule has 0 radical (unpaired) electrons. The van der Waals surface area contributed by atoms with Crippen LogP contribution in [0.2, 0.25) is 0 Å². The van der Waals surface area contributed by atoms with Crippen LogP contribution < -0.4 is 9.47 Å². The van der Waals surface area contributed by atoms with Crippen LogP contribution in [-0.2, 0) is 6.61 Å². The third-order valence-corrected chi connectivity index (χ3v) is 3.42. The van der Waals surface area contributed by atoms with Crippen LogP contribution in [0.4, 0.5) is 0 Å². The highest BCUT2D eigenvalue weighted by atomic mass is 16.6.